The summed E-state index contributed by atoms with van der Waals surface area (Å²) in [4.78, 5) is 2.36. The predicted molar refractivity (Wildman–Crippen MR) is 74.1 cm³/mol. The zero-order valence-corrected chi connectivity index (χ0v) is 12.4. The molecule has 2 heteroatoms. The van der Waals surface area contributed by atoms with E-state index < -0.39 is 0 Å². The minimum Gasteiger partial charge on any atom is -0.391 e. The molecule has 1 aliphatic rings. The Morgan fingerprint density at radius 3 is 2.41 bits per heavy atom. The van der Waals surface area contributed by atoms with Crippen molar-refractivity contribution in [2.24, 2.45) is 11.3 Å². The van der Waals surface area contributed by atoms with Crippen molar-refractivity contribution in [3.8, 4) is 0 Å². The molecule has 1 saturated carbocycles. The summed E-state index contributed by atoms with van der Waals surface area (Å²) < 4.78 is 0. The van der Waals surface area contributed by atoms with Crippen molar-refractivity contribution in [2.45, 2.75) is 71.9 Å². The van der Waals surface area contributed by atoms with Gasteiger partial charge in [-0.15, -0.1) is 0 Å². The van der Waals surface area contributed by atoms with E-state index in [4.69, 9.17) is 0 Å². The predicted octanol–water partition coefficient (Wildman–Crippen LogP) is 3.29. The average molecular weight is 241 g/mol. The van der Waals surface area contributed by atoms with Gasteiger partial charge in [0.15, 0.2) is 0 Å². The minimum absolute atomic E-state index is 0.115. The molecule has 0 bridgehead atoms. The summed E-state index contributed by atoms with van der Waals surface area (Å²) >= 11 is 0. The molecule has 2 nitrogen and oxygen atoms in total. The van der Waals surface area contributed by atoms with Gasteiger partial charge in [-0.25, -0.2) is 0 Å². The highest BCUT2D eigenvalue weighted by Crippen LogP contribution is 2.41. The van der Waals surface area contributed by atoms with E-state index in [-0.39, 0.29) is 6.10 Å². The van der Waals surface area contributed by atoms with Crippen LogP contribution >= 0.6 is 0 Å². The molecule has 0 radical (unpaired) electrons. The van der Waals surface area contributed by atoms with Crippen molar-refractivity contribution in [3.63, 3.8) is 0 Å². The summed E-state index contributed by atoms with van der Waals surface area (Å²) in [5, 5.41) is 10.2. The Labute approximate surface area is 107 Å². The quantitative estimate of drug-likeness (QED) is 0.798. The summed E-state index contributed by atoms with van der Waals surface area (Å²) in [6.07, 6.45) is 5.62. The van der Waals surface area contributed by atoms with E-state index in [1.165, 1.54) is 25.7 Å². The Kier molecular flexibility index (Phi) is 5.46. The zero-order chi connectivity index (χ0) is 13.1. The maximum Gasteiger partial charge on any atom is 0.0695 e. The Bertz CT molecular complexity index is 227. The van der Waals surface area contributed by atoms with Crippen LogP contribution in [0.1, 0.15) is 59.8 Å². The molecule has 3 atom stereocenters. The van der Waals surface area contributed by atoms with Gasteiger partial charge >= 0.3 is 0 Å². The van der Waals surface area contributed by atoms with Crippen LogP contribution in [0.25, 0.3) is 0 Å². The molecule has 0 saturated heterocycles. The smallest absolute Gasteiger partial charge is 0.0695 e. The number of rotatable bonds is 5. The maximum absolute atomic E-state index is 10.2. The lowest BCUT2D eigenvalue weighted by Crippen LogP contribution is -2.48. The van der Waals surface area contributed by atoms with Gasteiger partial charge in [-0.1, -0.05) is 34.1 Å². The first kappa shape index (κ1) is 15.0. The third-order valence-corrected chi connectivity index (χ3v) is 4.94. The number of hydrogen-bond donors (Lipinski definition) is 1. The summed E-state index contributed by atoms with van der Waals surface area (Å²) in [6, 6.07) is 0.375. The van der Waals surface area contributed by atoms with E-state index in [1.807, 2.05) is 0 Å². The normalized spacial score (nSPS) is 30.9. The maximum atomic E-state index is 10.2. The van der Waals surface area contributed by atoms with Crippen LogP contribution in [0.15, 0.2) is 0 Å². The van der Waals surface area contributed by atoms with E-state index in [2.05, 4.69) is 39.6 Å². The summed E-state index contributed by atoms with van der Waals surface area (Å²) in [6.45, 7) is 10.4. The molecule has 0 heterocycles. The Balaban J connectivity index is 2.65. The highest BCUT2D eigenvalue weighted by atomic mass is 16.3. The first-order valence-corrected chi connectivity index (χ1v) is 7.30. The molecule has 1 fully saturated rings. The van der Waals surface area contributed by atoms with Crippen LogP contribution in [0, 0.1) is 11.3 Å². The second kappa shape index (κ2) is 6.19. The Morgan fingerprint density at radius 2 is 1.88 bits per heavy atom. The number of hydrogen-bond acceptors (Lipinski definition) is 2. The number of aliphatic hydroxyl groups is 1. The van der Waals surface area contributed by atoms with Crippen molar-refractivity contribution in [1.82, 2.24) is 4.90 Å². The van der Waals surface area contributed by atoms with Gasteiger partial charge in [-0.3, -0.25) is 0 Å². The van der Waals surface area contributed by atoms with Crippen LogP contribution in [0.4, 0.5) is 0 Å². The Hall–Kier alpha value is -0.0800. The fourth-order valence-corrected chi connectivity index (χ4v) is 3.12. The third kappa shape index (κ3) is 3.69. The molecule has 1 rings (SSSR count). The molecule has 17 heavy (non-hydrogen) atoms. The molecule has 0 aromatic heterocycles. The molecular weight excluding hydrogens is 210 g/mol. The van der Waals surface area contributed by atoms with Gasteiger partial charge in [0, 0.05) is 6.04 Å². The molecule has 1 N–H and O–H groups in total. The SMILES string of the molecule is CCCN(C)C1CC(C(C)(C)CC)CCC1O. The molecule has 102 valence electrons. The molecule has 1 aliphatic carbocycles. The fraction of sp³-hybridized carbons (Fsp3) is 1.00. The van der Waals surface area contributed by atoms with E-state index in [1.54, 1.807) is 0 Å². The summed E-state index contributed by atoms with van der Waals surface area (Å²) in [7, 11) is 2.17. The lowest BCUT2D eigenvalue weighted by molar-refractivity contribution is -0.0117. The topological polar surface area (TPSA) is 23.5 Å². The van der Waals surface area contributed by atoms with E-state index in [9.17, 15) is 5.11 Å². The van der Waals surface area contributed by atoms with Crippen LogP contribution in [0.3, 0.4) is 0 Å². The lowest BCUT2D eigenvalue weighted by Gasteiger charge is -2.44. The van der Waals surface area contributed by atoms with Crippen molar-refractivity contribution < 1.29 is 5.11 Å². The molecule has 0 spiro atoms. The molecule has 0 amide bonds. The van der Waals surface area contributed by atoms with Crippen LogP contribution < -0.4 is 0 Å². The monoisotopic (exact) mass is 241 g/mol. The van der Waals surface area contributed by atoms with Gasteiger partial charge in [0.1, 0.15) is 0 Å². The standard InChI is InChI=1S/C15H31NO/c1-6-10-16(5)13-11-12(8-9-14(13)17)15(3,4)7-2/h12-14,17H,6-11H2,1-5H3. The number of nitrogens with zero attached hydrogens (tertiary/aromatic N) is 1. The Morgan fingerprint density at radius 1 is 1.24 bits per heavy atom. The lowest BCUT2D eigenvalue weighted by atomic mass is 9.67. The van der Waals surface area contributed by atoms with Gasteiger partial charge in [0.05, 0.1) is 6.10 Å². The van der Waals surface area contributed by atoms with Gasteiger partial charge in [0.25, 0.3) is 0 Å². The highest BCUT2D eigenvalue weighted by Gasteiger charge is 2.37. The summed E-state index contributed by atoms with van der Waals surface area (Å²) in [5.74, 6) is 0.764. The molecule has 3 unspecified atom stereocenters. The fourth-order valence-electron chi connectivity index (χ4n) is 3.12. The first-order valence-electron chi connectivity index (χ1n) is 7.30. The van der Waals surface area contributed by atoms with Crippen molar-refractivity contribution in [2.75, 3.05) is 13.6 Å². The van der Waals surface area contributed by atoms with Crippen LogP contribution in [-0.2, 0) is 0 Å². The first-order chi connectivity index (χ1) is 7.92. The van der Waals surface area contributed by atoms with Crippen LogP contribution in [0.2, 0.25) is 0 Å². The summed E-state index contributed by atoms with van der Waals surface area (Å²) in [5.41, 5.74) is 0.422. The van der Waals surface area contributed by atoms with Gasteiger partial charge < -0.3 is 10.0 Å². The van der Waals surface area contributed by atoms with Crippen molar-refractivity contribution in [1.29, 1.82) is 0 Å². The zero-order valence-electron chi connectivity index (χ0n) is 12.4. The van der Waals surface area contributed by atoms with Gasteiger partial charge in [0.2, 0.25) is 0 Å². The van der Waals surface area contributed by atoms with E-state index in [0.717, 1.165) is 18.9 Å². The van der Waals surface area contributed by atoms with E-state index >= 15 is 0 Å². The third-order valence-electron chi connectivity index (χ3n) is 4.94. The largest absolute Gasteiger partial charge is 0.391 e. The molecule has 0 aliphatic heterocycles. The number of likely N-dealkylation sites (N-methyl/N-ethyl adjacent to an activating group) is 1. The van der Waals surface area contributed by atoms with Gasteiger partial charge in [-0.2, -0.15) is 0 Å². The van der Waals surface area contributed by atoms with Crippen molar-refractivity contribution >= 4 is 0 Å². The highest BCUT2D eigenvalue weighted by molar-refractivity contribution is 4.90. The second-order valence-electron chi connectivity index (χ2n) is 6.47. The van der Waals surface area contributed by atoms with Crippen LogP contribution in [0.5, 0.6) is 0 Å². The average Bonchev–Trinajstić information content (AvgIpc) is 2.29. The van der Waals surface area contributed by atoms with Crippen molar-refractivity contribution in [3.05, 3.63) is 0 Å². The minimum atomic E-state index is -0.115. The number of aliphatic hydroxyl groups excluding tert-OH is 1. The second-order valence-corrected chi connectivity index (χ2v) is 6.47. The molecular formula is C15H31NO. The van der Waals surface area contributed by atoms with E-state index in [0.29, 0.717) is 11.5 Å². The van der Waals surface area contributed by atoms with Gasteiger partial charge in [-0.05, 0) is 50.6 Å². The van der Waals surface area contributed by atoms with Crippen LogP contribution in [-0.4, -0.2) is 35.7 Å². The molecule has 0 aromatic carbocycles. The molecule has 0 aromatic rings.